The molecule has 3 nitrogen and oxygen atoms in total. The van der Waals surface area contributed by atoms with E-state index >= 15 is 0 Å². The SMILES string of the molecule is O=C(Nc1ccc(CSc2ccccc2)cc1)c1ccc(N2CCCCC2)cc1. The molecule has 3 aromatic carbocycles. The minimum Gasteiger partial charge on any atom is -0.372 e. The number of anilines is 2. The van der Waals surface area contributed by atoms with E-state index in [4.69, 9.17) is 0 Å². The van der Waals surface area contributed by atoms with Crippen molar-refractivity contribution in [2.24, 2.45) is 0 Å². The monoisotopic (exact) mass is 402 g/mol. The Hall–Kier alpha value is -2.72. The third-order valence-corrected chi connectivity index (χ3v) is 6.29. The second-order valence-electron chi connectivity index (χ2n) is 7.35. The largest absolute Gasteiger partial charge is 0.372 e. The summed E-state index contributed by atoms with van der Waals surface area (Å²) in [6.45, 7) is 2.22. The Morgan fingerprint density at radius 1 is 0.828 bits per heavy atom. The van der Waals surface area contributed by atoms with Crippen molar-refractivity contribution in [1.82, 2.24) is 0 Å². The quantitative estimate of drug-likeness (QED) is 0.497. The van der Waals surface area contributed by atoms with Crippen molar-refractivity contribution in [3.05, 3.63) is 90.0 Å². The van der Waals surface area contributed by atoms with Gasteiger partial charge in [-0.2, -0.15) is 0 Å². The number of piperidine rings is 1. The van der Waals surface area contributed by atoms with E-state index in [1.807, 2.05) is 42.1 Å². The molecule has 148 valence electrons. The first-order valence-corrected chi connectivity index (χ1v) is 11.2. The topological polar surface area (TPSA) is 32.3 Å². The first-order valence-electron chi connectivity index (χ1n) is 10.2. The van der Waals surface area contributed by atoms with Crippen LogP contribution in [0.25, 0.3) is 0 Å². The van der Waals surface area contributed by atoms with Crippen LogP contribution in [-0.2, 0) is 5.75 Å². The van der Waals surface area contributed by atoms with Crippen molar-refractivity contribution < 1.29 is 4.79 Å². The molecular weight excluding hydrogens is 376 g/mol. The number of rotatable bonds is 6. The number of nitrogens with one attached hydrogen (secondary N) is 1. The molecule has 1 fully saturated rings. The Bertz CT molecular complexity index is 917. The molecule has 1 N–H and O–H groups in total. The zero-order valence-electron chi connectivity index (χ0n) is 16.5. The van der Waals surface area contributed by atoms with Gasteiger partial charge in [-0.15, -0.1) is 11.8 Å². The Kier molecular flexibility index (Phi) is 6.52. The average molecular weight is 403 g/mol. The Morgan fingerprint density at radius 2 is 1.52 bits per heavy atom. The fourth-order valence-corrected chi connectivity index (χ4v) is 4.42. The molecule has 4 heteroatoms. The third-order valence-electron chi connectivity index (χ3n) is 5.21. The van der Waals surface area contributed by atoms with E-state index in [0.29, 0.717) is 5.56 Å². The predicted octanol–water partition coefficient (Wildman–Crippen LogP) is 6.22. The molecule has 0 spiro atoms. The lowest BCUT2D eigenvalue weighted by Crippen LogP contribution is -2.29. The number of hydrogen-bond donors (Lipinski definition) is 1. The van der Waals surface area contributed by atoms with Crippen LogP contribution >= 0.6 is 11.8 Å². The van der Waals surface area contributed by atoms with Gasteiger partial charge in [0.05, 0.1) is 0 Å². The molecule has 0 aliphatic carbocycles. The molecule has 1 amide bonds. The highest BCUT2D eigenvalue weighted by Crippen LogP contribution is 2.24. The maximum absolute atomic E-state index is 12.6. The smallest absolute Gasteiger partial charge is 0.255 e. The van der Waals surface area contributed by atoms with E-state index in [9.17, 15) is 4.79 Å². The van der Waals surface area contributed by atoms with Crippen LogP contribution in [0.15, 0.2) is 83.8 Å². The van der Waals surface area contributed by atoms with Crippen molar-refractivity contribution in [3.63, 3.8) is 0 Å². The van der Waals surface area contributed by atoms with Crippen LogP contribution in [0, 0.1) is 0 Å². The van der Waals surface area contributed by atoms with Gasteiger partial charge in [0, 0.05) is 40.7 Å². The summed E-state index contributed by atoms with van der Waals surface area (Å²) < 4.78 is 0. The molecule has 0 aromatic heterocycles. The fraction of sp³-hybridized carbons (Fsp3) is 0.240. The second-order valence-corrected chi connectivity index (χ2v) is 8.40. The van der Waals surface area contributed by atoms with Crippen molar-refractivity contribution >= 4 is 29.0 Å². The number of amides is 1. The first-order chi connectivity index (χ1) is 14.3. The van der Waals surface area contributed by atoms with Crippen LogP contribution in [0.2, 0.25) is 0 Å². The predicted molar refractivity (Wildman–Crippen MR) is 123 cm³/mol. The number of thioether (sulfide) groups is 1. The van der Waals surface area contributed by atoms with Crippen molar-refractivity contribution in [3.8, 4) is 0 Å². The minimum absolute atomic E-state index is 0.0680. The summed E-state index contributed by atoms with van der Waals surface area (Å²) in [4.78, 5) is 16.2. The number of carbonyl (C=O) groups excluding carboxylic acids is 1. The maximum atomic E-state index is 12.6. The van der Waals surface area contributed by atoms with Gasteiger partial charge in [0.1, 0.15) is 0 Å². The maximum Gasteiger partial charge on any atom is 0.255 e. The molecule has 3 aromatic rings. The molecule has 4 rings (SSSR count). The fourth-order valence-electron chi connectivity index (χ4n) is 3.55. The molecule has 1 aliphatic rings. The van der Waals surface area contributed by atoms with Crippen molar-refractivity contribution in [2.45, 2.75) is 29.9 Å². The molecule has 29 heavy (non-hydrogen) atoms. The lowest BCUT2D eigenvalue weighted by atomic mass is 10.1. The zero-order chi connectivity index (χ0) is 19.9. The summed E-state index contributed by atoms with van der Waals surface area (Å²) in [5, 5.41) is 3.00. The van der Waals surface area contributed by atoms with Crippen molar-refractivity contribution in [1.29, 1.82) is 0 Å². The number of hydrogen-bond acceptors (Lipinski definition) is 3. The molecule has 0 atom stereocenters. The van der Waals surface area contributed by atoms with Gasteiger partial charge < -0.3 is 10.2 Å². The van der Waals surface area contributed by atoms with Crippen molar-refractivity contribution in [2.75, 3.05) is 23.3 Å². The van der Waals surface area contributed by atoms with Gasteiger partial charge in [0.2, 0.25) is 0 Å². The van der Waals surface area contributed by atoms with Gasteiger partial charge in [-0.05, 0) is 73.4 Å². The second kappa shape index (κ2) is 9.66. The Labute approximate surface area is 177 Å². The standard InChI is InChI=1S/C25H26N2OS/c28-25(21-11-15-23(16-12-21)27-17-5-2-6-18-27)26-22-13-9-20(10-14-22)19-29-24-7-3-1-4-8-24/h1,3-4,7-16H,2,5-6,17-19H2,(H,26,28). The van der Waals surface area contributed by atoms with E-state index in [0.717, 1.165) is 24.5 Å². The Balaban J connectivity index is 1.32. The van der Waals surface area contributed by atoms with E-state index in [1.165, 1.54) is 35.4 Å². The molecular formula is C25H26N2OS. The normalized spacial score (nSPS) is 13.9. The minimum atomic E-state index is -0.0680. The molecule has 1 saturated heterocycles. The van der Waals surface area contributed by atoms with E-state index in [2.05, 4.69) is 58.7 Å². The van der Waals surface area contributed by atoms with E-state index in [1.54, 1.807) is 0 Å². The highest BCUT2D eigenvalue weighted by molar-refractivity contribution is 7.98. The van der Waals surface area contributed by atoms with Gasteiger partial charge in [-0.25, -0.2) is 0 Å². The third kappa shape index (κ3) is 5.42. The van der Waals surface area contributed by atoms with Crippen LogP contribution in [0.5, 0.6) is 0 Å². The van der Waals surface area contributed by atoms with Crippen LogP contribution in [0.1, 0.15) is 35.2 Å². The summed E-state index contributed by atoms with van der Waals surface area (Å²) in [6, 6.07) is 26.4. The van der Waals surface area contributed by atoms with Crippen LogP contribution in [-0.4, -0.2) is 19.0 Å². The number of carbonyl (C=O) groups is 1. The lowest BCUT2D eigenvalue weighted by molar-refractivity contribution is 0.102. The van der Waals surface area contributed by atoms with E-state index < -0.39 is 0 Å². The van der Waals surface area contributed by atoms with Gasteiger partial charge in [-0.1, -0.05) is 30.3 Å². The van der Waals surface area contributed by atoms with E-state index in [-0.39, 0.29) is 5.91 Å². The molecule has 1 heterocycles. The number of nitrogens with zero attached hydrogens (tertiary/aromatic N) is 1. The molecule has 0 bridgehead atoms. The zero-order valence-corrected chi connectivity index (χ0v) is 17.3. The lowest BCUT2D eigenvalue weighted by Gasteiger charge is -2.28. The summed E-state index contributed by atoms with van der Waals surface area (Å²) in [5.41, 5.74) is 3.96. The summed E-state index contributed by atoms with van der Waals surface area (Å²) in [6.07, 6.45) is 3.82. The van der Waals surface area contributed by atoms with Crippen LogP contribution in [0.3, 0.4) is 0 Å². The van der Waals surface area contributed by atoms with Crippen LogP contribution < -0.4 is 10.2 Å². The first kappa shape index (κ1) is 19.6. The molecule has 0 unspecified atom stereocenters. The van der Waals surface area contributed by atoms with Gasteiger partial charge in [0.25, 0.3) is 5.91 Å². The molecule has 0 saturated carbocycles. The highest BCUT2D eigenvalue weighted by Gasteiger charge is 2.12. The van der Waals surface area contributed by atoms with Gasteiger partial charge >= 0.3 is 0 Å². The van der Waals surface area contributed by atoms with Gasteiger partial charge in [-0.3, -0.25) is 4.79 Å². The molecule has 0 radical (unpaired) electrons. The average Bonchev–Trinajstić information content (AvgIpc) is 2.80. The summed E-state index contributed by atoms with van der Waals surface area (Å²) in [7, 11) is 0. The van der Waals surface area contributed by atoms with Crippen LogP contribution in [0.4, 0.5) is 11.4 Å². The molecule has 1 aliphatic heterocycles. The summed E-state index contributed by atoms with van der Waals surface area (Å²) >= 11 is 1.81. The Morgan fingerprint density at radius 3 is 2.21 bits per heavy atom. The van der Waals surface area contributed by atoms with Gasteiger partial charge in [0.15, 0.2) is 0 Å². The summed E-state index contributed by atoms with van der Waals surface area (Å²) in [5.74, 6) is 0.845. The number of benzene rings is 3. The highest BCUT2D eigenvalue weighted by atomic mass is 32.2.